The summed E-state index contributed by atoms with van der Waals surface area (Å²) in [4.78, 5) is 9.76. The SMILES string of the molecule is C=CCCC.CCCCC(=O)O.CCCCCO. The number of unbranched alkanes of at least 4 members (excludes halogenated alkanes) is 4. The minimum Gasteiger partial charge on any atom is -0.481 e. The second-order valence-corrected chi connectivity index (χ2v) is 4.01. The molecule has 3 heteroatoms. The topological polar surface area (TPSA) is 57.5 Å². The maximum Gasteiger partial charge on any atom is 0.303 e. The Morgan fingerprint density at radius 3 is 1.72 bits per heavy atom. The lowest BCUT2D eigenvalue weighted by molar-refractivity contribution is -0.137. The standard InChI is InChI=1S/C5H10O2.C5H12O.C5H10/c1-2-3-4-5(6)7;1-2-3-4-5-6;1-3-5-4-2/h2-4H2,1H3,(H,6,7);6H,2-5H2,1H3;3H,1,4-5H2,2H3. The molecule has 0 radical (unpaired) electrons. The second-order valence-electron chi connectivity index (χ2n) is 4.01. The molecule has 110 valence electrons. The Labute approximate surface area is 113 Å². The van der Waals surface area contributed by atoms with Crippen LogP contribution in [0.2, 0.25) is 0 Å². The summed E-state index contributed by atoms with van der Waals surface area (Å²) in [6.07, 6.45) is 9.72. The zero-order valence-electron chi connectivity index (χ0n) is 12.5. The fourth-order valence-electron chi connectivity index (χ4n) is 0.894. The smallest absolute Gasteiger partial charge is 0.303 e. The summed E-state index contributed by atoms with van der Waals surface area (Å²) in [5.74, 6) is -0.693. The van der Waals surface area contributed by atoms with Gasteiger partial charge in [0.15, 0.2) is 0 Å². The number of rotatable bonds is 8. The van der Waals surface area contributed by atoms with Crippen molar-refractivity contribution in [1.29, 1.82) is 0 Å². The number of carboxylic acids is 1. The van der Waals surface area contributed by atoms with Gasteiger partial charge in [-0.05, 0) is 19.3 Å². The third-order valence-corrected chi connectivity index (χ3v) is 2.00. The van der Waals surface area contributed by atoms with Crippen LogP contribution in [0.1, 0.15) is 72.1 Å². The number of carboxylic acid groups (broad SMARTS) is 1. The van der Waals surface area contributed by atoms with E-state index in [2.05, 4.69) is 20.4 Å². The van der Waals surface area contributed by atoms with E-state index in [1.54, 1.807) is 0 Å². The molecule has 0 rings (SSSR count). The third-order valence-electron chi connectivity index (χ3n) is 2.00. The fourth-order valence-corrected chi connectivity index (χ4v) is 0.894. The van der Waals surface area contributed by atoms with Crippen molar-refractivity contribution >= 4 is 5.97 Å². The molecule has 0 aliphatic carbocycles. The van der Waals surface area contributed by atoms with Crippen molar-refractivity contribution in [3.8, 4) is 0 Å². The summed E-state index contributed by atoms with van der Waals surface area (Å²) in [6.45, 7) is 10.1. The van der Waals surface area contributed by atoms with E-state index in [0.29, 0.717) is 13.0 Å². The molecule has 0 atom stereocenters. The Kier molecular flexibility index (Phi) is 31.2. The van der Waals surface area contributed by atoms with Gasteiger partial charge in [-0.3, -0.25) is 4.79 Å². The molecule has 0 saturated carbocycles. The normalized spacial score (nSPS) is 8.44. The number of aliphatic carboxylic acids is 1. The molecule has 0 bridgehead atoms. The first-order chi connectivity index (χ1) is 8.60. The van der Waals surface area contributed by atoms with Crippen LogP contribution >= 0.6 is 0 Å². The Hall–Kier alpha value is -0.830. The van der Waals surface area contributed by atoms with Gasteiger partial charge in [-0.1, -0.05) is 52.5 Å². The summed E-state index contributed by atoms with van der Waals surface area (Å²) in [6, 6.07) is 0. The van der Waals surface area contributed by atoms with E-state index < -0.39 is 5.97 Å². The van der Waals surface area contributed by atoms with Crippen LogP contribution in [0.25, 0.3) is 0 Å². The van der Waals surface area contributed by atoms with Crippen LogP contribution in [0.5, 0.6) is 0 Å². The summed E-state index contributed by atoms with van der Waals surface area (Å²) in [5.41, 5.74) is 0. The second kappa shape index (κ2) is 25.1. The lowest BCUT2D eigenvalue weighted by Crippen LogP contribution is -1.91. The Bertz CT molecular complexity index is 152. The molecular weight excluding hydrogens is 228 g/mol. The van der Waals surface area contributed by atoms with Gasteiger partial charge in [-0.15, -0.1) is 6.58 Å². The van der Waals surface area contributed by atoms with E-state index in [0.717, 1.165) is 32.1 Å². The van der Waals surface area contributed by atoms with Crippen LogP contribution in [0, 0.1) is 0 Å². The monoisotopic (exact) mass is 260 g/mol. The molecule has 0 fully saturated rings. The average molecular weight is 260 g/mol. The molecular formula is C15H32O3. The van der Waals surface area contributed by atoms with E-state index in [1.165, 1.54) is 12.8 Å². The van der Waals surface area contributed by atoms with Crippen molar-refractivity contribution in [2.24, 2.45) is 0 Å². The van der Waals surface area contributed by atoms with Crippen LogP contribution in [0.4, 0.5) is 0 Å². The maximum atomic E-state index is 9.76. The van der Waals surface area contributed by atoms with Gasteiger partial charge in [-0.25, -0.2) is 0 Å². The predicted molar refractivity (Wildman–Crippen MR) is 78.9 cm³/mol. The summed E-state index contributed by atoms with van der Waals surface area (Å²) >= 11 is 0. The molecule has 2 N–H and O–H groups in total. The summed E-state index contributed by atoms with van der Waals surface area (Å²) < 4.78 is 0. The quantitative estimate of drug-likeness (QED) is 0.502. The largest absolute Gasteiger partial charge is 0.481 e. The first kappa shape index (κ1) is 22.4. The molecule has 0 aromatic carbocycles. The maximum absolute atomic E-state index is 9.76. The molecule has 0 saturated heterocycles. The van der Waals surface area contributed by atoms with Crippen LogP contribution in [0.15, 0.2) is 12.7 Å². The van der Waals surface area contributed by atoms with E-state index in [4.69, 9.17) is 10.2 Å². The molecule has 0 aliphatic heterocycles. The molecule has 0 unspecified atom stereocenters. The molecule has 3 nitrogen and oxygen atoms in total. The highest BCUT2D eigenvalue weighted by Crippen LogP contribution is 1.91. The first-order valence-electron chi connectivity index (χ1n) is 7.04. The van der Waals surface area contributed by atoms with Crippen LogP contribution in [-0.4, -0.2) is 22.8 Å². The molecule has 0 amide bonds. The zero-order valence-corrected chi connectivity index (χ0v) is 12.5. The molecule has 0 aromatic rings. The van der Waals surface area contributed by atoms with Gasteiger partial charge in [0.25, 0.3) is 0 Å². The number of allylic oxidation sites excluding steroid dienone is 1. The molecule has 0 aromatic heterocycles. The van der Waals surface area contributed by atoms with Crippen molar-refractivity contribution in [2.75, 3.05) is 6.61 Å². The number of aliphatic hydroxyl groups is 1. The highest BCUT2D eigenvalue weighted by molar-refractivity contribution is 5.66. The molecule has 0 spiro atoms. The minimum atomic E-state index is -0.693. The van der Waals surface area contributed by atoms with Crippen molar-refractivity contribution in [2.45, 2.75) is 72.1 Å². The third kappa shape index (κ3) is 45.6. The lowest BCUT2D eigenvalue weighted by atomic mass is 10.3. The predicted octanol–water partition coefficient (Wildman–Crippen LogP) is 4.40. The number of hydrogen-bond donors (Lipinski definition) is 2. The Morgan fingerprint density at radius 2 is 1.61 bits per heavy atom. The van der Waals surface area contributed by atoms with Gasteiger partial charge in [0, 0.05) is 13.0 Å². The van der Waals surface area contributed by atoms with Gasteiger partial charge in [0.1, 0.15) is 0 Å². The van der Waals surface area contributed by atoms with Crippen molar-refractivity contribution in [3.05, 3.63) is 12.7 Å². The average Bonchev–Trinajstić information content (AvgIpc) is 2.36. The highest BCUT2D eigenvalue weighted by atomic mass is 16.4. The molecule has 0 heterocycles. The zero-order chi connectivity index (χ0) is 14.6. The van der Waals surface area contributed by atoms with Crippen LogP contribution < -0.4 is 0 Å². The summed E-state index contributed by atoms with van der Waals surface area (Å²) in [7, 11) is 0. The van der Waals surface area contributed by atoms with E-state index in [1.807, 2.05) is 13.0 Å². The highest BCUT2D eigenvalue weighted by Gasteiger charge is 1.90. The van der Waals surface area contributed by atoms with Gasteiger partial charge < -0.3 is 10.2 Å². The lowest BCUT2D eigenvalue weighted by Gasteiger charge is -1.85. The van der Waals surface area contributed by atoms with E-state index >= 15 is 0 Å². The minimum absolute atomic E-state index is 0.316. The van der Waals surface area contributed by atoms with Crippen molar-refractivity contribution in [1.82, 2.24) is 0 Å². The van der Waals surface area contributed by atoms with Crippen LogP contribution in [-0.2, 0) is 4.79 Å². The van der Waals surface area contributed by atoms with Crippen LogP contribution in [0.3, 0.4) is 0 Å². The van der Waals surface area contributed by atoms with Gasteiger partial charge in [-0.2, -0.15) is 0 Å². The van der Waals surface area contributed by atoms with Gasteiger partial charge in [0.05, 0.1) is 0 Å². The van der Waals surface area contributed by atoms with Crippen molar-refractivity contribution < 1.29 is 15.0 Å². The van der Waals surface area contributed by atoms with Gasteiger partial charge >= 0.3 is 5.97 Å². The Morgan fingerprint density at radius 1 is 1.06 bits per heavy atom. The Balaban J connectivity index is -0.000000190. The van der Waals surface area contributed by atoms with Crippen molar-refractivity contribution in [3.63, 3.8) is 0 Å². The number of aliphatic hydroxyl groups excluding tert-OH is 1. The number of hydrogen-bond acceptors (Lipinski definition) is 2. The summed E-state index contributed by atoms with van der Waals surface area (Å²) in [5, 5.41) is 16.2. The van der Waals surface area contributed by atoms with Gasteiger partial charge in [0.2, 0.25) is 0 Å². The van der Waals surface area contributed by atoms with E-state index in [-0.39, 0.29) is 0 Å². The van der Waals surface area contributed by atoms with E-state index in [9.17, 15) is 4.79 Å². The fraction of sp³-hybridized carbons (Fsp3) is 0.800. The number of carbonyl (C=O) groups is 1. The molecule has 18 heavy (non-hydrogen) atoms. The molecule has 0 aliphatic rings. The first-order valence-corrected chi connectivity index (χ1v) is 7.04.